The monoisotopic (exact) mass is 440 g/mol. The number of halogens is 3. The van der Waals surface area contributed by atoms with Crippen LogP contribution in [0.25, 0.3) is 5.65 Å². The van der Waals surface area contributed by atoms with E-state index in [1.165, 1.54) is 13.2 Å². The fraction of sp³-hybridized carbons (Fsp3) is 0.632. The molecule has 0 unspecified atom stereocenters. The molecule has 9 nitrogen and oxygen atoms in total. The van der Waals surface area contributed by atoms with Crippen molar-refractivity contribution in [3.8, 4) is 0 Å². The number of alkyl halides is 3. The maximum atomic E-state index is 13.1. The number of amides is 1. The highest BCUT2D eigenvalue weighted by molar-refractivity contribution is 5.89. The Balaban J connectivity index is 1.43. The van der Waals surface area contributed by atoms with E-state index in [-0.39, 0.29) is 17.5 Å². The molecule has 4 rings (SSSR count). The van der Waals surface area contributed by atoms with Crippen LogP contribution >= 0.6 is 0 Å². The predicted octanol–water partition coefficient (Wildman–Crippen LogP) is 1.96. The number of ether oxygens (including phenoxy) is 1. The van der Waals surface area contributed by atoms with Crippen molar-refractivity contribution in [3.63, 3.8) is 0 Å². The van der Waals surface area contributed by atoms with Crippen LogP contribution in [0.2, 0.25) is 0 Å². The van der Waals surface area contributed by atoms with Crippen molar-refractivity contribution in [3.05, 3.63) is 18.0 Å². The van der Waals surface area contributed by atoms with Gasteiger partial charge in [0.1, 0.15) is 11.4 Å². The molecule has 2 aromatic rings. The van der Waals surface area contributed by atoms with Crippen LogP contribution in [0.1, 0.15) is 44.3 Å². The number of carbonyl (C=O) groups excluding carboxylic acids is 2. The molecule has 168 valence electrons. The van der Waals surface area contributed by atoms with E-state index < -0.39 is 23.5 Å². The molecule has 1 saturated carbocycles. The van der Waals surface area contributed by atoms with Crippen LogP contribution in [0, 0.1) is 5.92 Å². The summed E-state index contributed by atoms with van der Waals surface area (Å²) in [5.41, 5.74) is -0.937. The summed E-state index contributed by atoms with van der Waals surface area (Å²) in [6.45, 7) is 0.899. The zero-order valence-corrected chi connectivity index (χ0v) is 17.0. The smallest absolute Gasteiger partial charge is 0.453 e. The first-order valence-electron chi connectivity index (χ1n) is 10.2. The molecule has 31 heavy (non-hydrogen) atoms. The highest BCUT2D eigenvalue weighted by Crippen LogP contribution is 2.32. The molecule has 0 atom stereocenters. The second kappa shape index (κ2) is 7.97. The number of hydrogen-bond acceptors (Lipinski definition) is 7. The van der Waals surface area contributed by atoms with E-state index in [1.54, 1.807) is 6.07 Å². The van der Waals surface area contributed by atoms with Crippen molar-refractivity contribution in [2.45, 2.75) is 50.2 Å². The summed E-state index contributed by atoms with van der Waals surface area (Å²) < 4.78 is 44.9. The van der Waals surface area contributed by atoms with Gasteiger partial charge < -0.3 is 15.0 Å². The van der Waals surface area contributed by atoms with Crippen molar-refractivity contribution in [1.82, 2.24) is 25.1 Å². The molecule has 1 amide bonds. The SMILES string of the molecule is COC(=O)C1(NC(=O)C2CCN(c3ccc4nnc(C(F)(F)F)n4n3)CC2)CCCC1. The van der Waals surface area contributed by atoms with Gasteiger partial charge in [-0.2, -0.15) is 17.7 Å². The molecule has 0 spiro atoms. The van der Waals surface area contributed by atoms with Gasteiger partial charge in [0.15, 0.2) is 5.65 Å². The molecule has 3 heterocycles. The number of aromatic nitrogens is 4. The third-order valence-electron chi connectivity index (χ3n) is 6.09. The van der Waals surface area contributed by atoms with Crippen LogP contribution in [-0.2, 0) is 20.5 Å². The lowest BCUT2D eigenvalue weighted by Gasteiger charge is -2.34. The van der Waals surface area contributed by atoms with Crippen LogP contribution in [0.4, 0.5) is 19.0 Å². The molecule has 12 heteroatoms. The Morgan fingerprint density at radius 2 is 1.84 bits per heavy atom. The Morgan fingerprint density at radius 3 is 2.45 bits per heavy atom. The van der Waals surface area contributed by atoms with Crippen LogP contribution in [0.3, 0.4) is 0 Å². The predicted molar refractivity (Wildman–Crippen MR) is 102 cm³/mol. The molecule has 1 N–H and O–H groups in total. The van der Waals surface area contributed by atoms with Gasteiger partial charge in [0, 0.05) is 19.0 Å². The van der Waals surface area contributed by atoms with Crippen molar-refractivity contribution < 1.29 is 27.5 Å². The van der Waals surface area contributed by atoms with E-state index in [0.29, 0.717) is 49.1 Å². The molecule has 2 aromatic heterocycles. The number of rotatable bonds is 4. The summed E-state index contributed by atoms with van der Waals surface area (Å²) in [7, 11) is 1.32. The van der Waals surface area contributed by atoms with E-state index in [4.69, 9.17) is 4.74 Å². The fourth-order valence-corrected chi connectivity index (χ4v) is 4.39. The van der Waals surface area contributed by atoms with E-state index in [0.717, 1.165) is 12.8 Å². The largest absolute Gasteiger partial charge is 0.467 e. The highest BCUT2D eigenvalue weighted by atomic mass is 19.4. The molecule has 1 aliphatic carbocycles. The quantitative estimate of drug-likeness (QED) is 0.726. The normalized spacial score (nSPS) is 19.5. The molecule has 2 fully saturated rings. The van der Waals surface area contributed by atoms with Crippen LogP contribution in [-0.4, -0.2) is 57.4 Å². The van der Waals surface area contributed by atoms with Crippen molar-refractivity contribution >= 4 is 23.3 Å². The summed E-state index contributed by atoms with van der Waals surface area (Å²) in [5, 5.41) is 13.7. The number of fused-ring (bicyclic) bond motifs is 1. The minimum atomic E-state index is -4.66. The van der Waals surface area contributed by atoms with E-state index >= 15 is 0 Å². The Hall–Kier alpha value is -2.92. The van der Waals surface area contributed by atoms with Gasteiger partial charge in [0.2, 0.25) is 5.91 Å². The van der Waals surface area contributed by atoms with Crippen molar-refractivity contribution in [2.24, 2.45) is 5.92 Å². The maximum absolute atomic E-state index is 13.1. The maximum Gasteiger partial charge on any atom is 0.453 e. The lowest BCUT2D eigenvalue weighted by atomic mass is 9.92. The third-order valence-corrected chi connectivity index (χ3v) is 6.09. The van der Waals surface area contributed by atoms with Gasteiger partial charge >= 0.3 is 12.1 Å². The fourth-order valence-electron chi connectivity index (χ4n) is 4.39. The zero-order chi connectivity index (χ0) is 22.2. The second-order valence-electron chi connectivity index (χ2n) is 8.01. The number of anilines is 1. The average molecular weight is 440 g/mol. The Morgan fingerprint density at radius 1 is 1.16 bits per heavy atom. The second-order valence-corrected chi connectivity index (χ2v) is 8.01. The molecule has 0 radical (unpaired) electrons. The molecule has 1 aliphatic heterocycles. The standard InChI is InChI=1S/C19H23F3N6O3/c1-31-17(30)18(8-2-3-9-18)23-15(29)12-6-10-27(11-7-12)14-5-4-13-24-25-16(19(20,21)22)28(13)26-14/h4-5,12H,2-3,6-11H2,1H3,(H,23,29). The van der Waals surface area contributed by atoms with E-state index in [2.05, 4.69) is 20.6 Å². The van der Waals surface area contributed by atoms with Gasteiger partial charge in [-0.15, -0.1) is 15.3 Å². The Bertz CT molecular complexity index is 978. The van der Waals surface area contributed by atoms with Crippen molar-refractivity contribution in [2.75, 3.05) is 25.1 Å². The Kier molecular flexibility index (Phi) is 5.48. The summed E-state index contributed by atoms with van der Waals surface area (Å²) in [5.74, 6) is -1.71. The zero-order valence-electron chi connectivity index (χ0n) is 17.0. The lowest BCUT2D eigenvalue weighted by Crippen LogP contribution is -2.55. The summed E-state index contributed by atoms with van der Waals surface area (Å²) in [4.78, 5) is 26.9. The first-order chi connectivity index (χ1) is 14.7. The molecule has 0 aromatic carbocycles. The molecule has 2 aliphatic rings. The number of hydrogen-bond donors (Lipinski definition) is 1. The first-order valence-corrected chi connectivity index (χ1v) is 10.2. The Labute approximate surface area is 175 Å². The van der Waals surface area contributed by atoms with E-state index in [1.807, 2.05) is 4.90 Å². The minimum absolute atomic E-state index is 0.00927. The van der Waals surface area contributed by atoms with Gasteiger partial charge in [-0.3, -0.25) is 4.79 Å². The highest BCUT2D eigenvalue weighted by Gasteiger charge is 2.44. The minimum Gasteiger partial charge on any atom is -0.467 e. The number of methoxy groups -OCH3 is 1. The average Bonchev–Trinajstić information content (AvgIpc) is 3.40. The van der Waals surface area contributed by atoms with Gasteiger partial charge in [-0.25, -0.2) is 4.79 Å². The van der Waals surface area contributed by atoms with Crippen LogP contribution < -0.4 is 10.2 Å². The van der Waals surface area contributed by atoms with Crippen molar-refractivity contribution in [1.29, 1.82) is 0 Å². The van der Waals surface area contributed by atoms with Gasteiger partial charge in [0.25, 0.3) is 5.82 Å². The summed E-state index contributed by atoms with van der Waals surface area (Å²) in [6, 6.07) is 3.03. The van der Waals surface area contributed by atoms with Gasteiger partial charge in [-0.1, -0.05) is 12.8 Å². The van der Waals surface area contributed by atoms with Gasteiger partial charge in [0.05, 0.1) is 7.11 Å². The molecular weight excluding hydrogens is 417 g/mol. The van der Waals surface area contributed by atoms with Crippen LogP contribution in [0.5, 0.6) is 0 Å². The number of nitrogens with zero attached hydrogens (tertiary/aromatic N) is 5. The van der Waals surface area contributed by atoms with Crippen LogP contribution in [0.15, 0.2) is 12.1 Å². The van der Waals surface area contributed by atoms with E-state index in [9.17, 15) is 22.8 Å². The lowest BCUT2D eigenvalue weighted by molar-refractivity contribution is -0.151. The number of carbonyl (C=O) groups is 2. The number of esters is 1. The number of piperidine rings is 1. The summed E-state index contributed by atoms with van der Waals surface area (Å²) >= 11 is 0. The third kappa shape index (κ3) is 4.02. The topological polar surface area (TPSA) is 102 Å². The molecular formula is C19H23F3N6O3. The number of nitrogens with one attached hydrogen (secondary N) is 1. The molecule has 1 saturated heterocycles. The first kappa shape index (κ1) is 21.3. The molecule has 0 bridgehead atoms. The summed E-state index contributed by atoms with van der Waals surface area (Å²) in [6.07, 6.45) is -0.834. The van der Waals surface area contributed by atoms with Gasteiger partial charge in [-0.05, 0) is 37.8 Å².